The largest absolute Gasteiger partial charge is 0.365 e. The van der Waals surface area contributed by atoms with E-state index in [9.17, 15) is 4.79 Å². The van der Waals surface area contributed by atoms with Gasteiger partial charge in [-0.1, -0.05) is 0 Å². The average molecular weight is 398 g/mol. The van der Waals surface area contributed by atoms with Crippen molar-refractivity contribution in [3.8, 4) is 5.69 Å². The fourth-order valence-corrected chi connectivity index (χ4v) is 4.12. The van der Waals surface area contributed by atoms with E-state index in [0.29, 0.717) is 18.4 Å². The number of rotatable bonds is 8. The van der Waals surface area contributed by atoms with Gasteiger partial charge in [0.25, 0.3) is 0 Å². The van der Waals surface area contributed by atoms with E-state index in [-0.39, 0.29) is 5.91 Å². The Morgan fingerprint density at radius 3 is 2.96 bits per heavy atom. The van der Waals surface area contributed by atoms with Crippen molar-refractivity contribution in [2.75, 3.05) is 30.3 Å². The topological polar surface area (TPSA) is 88.0 Å². The van der Waals surface area contributed by atoms with Gasteiger partial charge in [-0.3, -0.25) is 9.36 Å². The molecule has 1 saturated carbocycles. The van der Waals surface area contributed by atoms with Gasteiger partial charge in [0, 0.05) is 37.5 Å². The van der Waals surface area contributed by atoms with Crippen LogP contribution in [0.4, 0.5) is 11.8 Å². The van der Waals surface area contributed by atoms with E-state index in [2.05, 4.69) is 32.0 Å². The van der Waals surface area contributed by atoms with Crippen LogP contribution in [-0.2, 0) is 4.79 Å². The first-order valence-electron chi connectivity index (χ1n) is 9.84. The third kappa shape index (κ3) is 3.54. The summed E-state index contributed by atoms with van der Waals surface area (Å²) in [5.74, 6) is 1.66. The van der Waals surface area contributed by atoms with Crippen LogP contribution >= 0.6 is 11.3 Å². The van der Waals surface area contributed by atoms with E-state index in [1.807, 2.05) is 21.2 Å². The summed E-state index contributed by atoms with van der Waals surface area (Å²) in [7, 11) is 0. The van der Waals surface area contributed by atoms with Gasteiger partial charge in [-0.2, -0.15) is 21.3 Å². The van der Waals surface area contributed by atoms with Gasteiger partial charge in [0.05, 0.1) is 5.69 Å². The van der Waals surface area contributed by atoms with Gasteiger partial charge in [0.2, 0.25) is 11.9 Å². The van der Waals surface area contributed by atoms with Gasteiger partial charge in [0.15, 0.2) is 17.0 Å². The zero-order valence-electron chi connectivity index (χ0n) is 15.6. The van der Waals surface area contributed by atoms with Crippen LogP contribution in [0.5, 0.6) is 0 Å². The molecule has 2 N–H and O–H groups in total. The lowest BCUT2D eigenvalue weighted by Gasteiger charge is -2.15. The summed E-state index contributed by atoms with van der Waals surface area (Å²) in [5.41, 5.74) is 2.65. The molecule has 1 saturated heterocycles. The van der Waals surface area contributed by atoms with Crippen molar-refractivity contribution >= 4 is 40.2 Å². The second-order valence-corrected chi connectivity index (χ2v) is 8.13. The molecule has 146 valence electrons. The van der Waals surface area contributed by atoms with Crippen LogP contribution in [0.2, 0.25) is 0 Å². The van der Waals surface area contributed by atoms with Crippen LogP contribution in [0.25, 0.3) is 16.9 Å². The summed E-state index contributed by atoms with van der Waals surface area (Å²) in [6.07, 6.45) is 6.70. The van der Waals surface area contributed by atoms with Crippen LogP contribution in [-0.4, -0.2) is 56.0 Å². The number of fused-ring (bicyclic) bond motifs is 1. The molecule has 1 amide bonds. The number of carbonyl (C=O) groups excluding carboxylic acids is 1. The highest BCUT2D eigenvalue weighted by molar-refractivity contribution is 7.08. The number of amides is 1. The molecule has 2 aliphatic rings. The van der Waals surface area contributed by atoms with Gasteiger partial charge in [-0.15, -0.1) is 0 Å². The van der Waals surface area contributed by atoms with Crippen LogP contribution in [0.15, 0.2) is 23.2 Å². The molecule has 8 nitrogen and oxygen atoms in total. The Balaban J connectivity index is 1.35. The maximum Gasteiger partial charge on any atom is 0.226 e. The molecule has 0 bridgehead atoms. The predicted molar refractivity (Wildman–Crippen MR) is 110 cm³/mol. The lowest BCUT2D eigenvalue weighted by Crippen LogP contribution is -2.27. The first kappa shape index (κ1) is 17.4. The number of hydrogen-bond donors (Lipinski definition) is 2. The Morgan fingerprint density at radius 1 is 1.29 bits per heavy atom. The van der Waals surface area contributed by atoms with Crippen LogP contribution in [0, 0.1) is 0 Å². The first-order chi connectivity index (χ1) is 13.8. The Hall–Kier alpha value is -2.68. The number of anilines is 2. The van der Waals surface area contributed by atoms with Crippen molar-refractivity contribution in [3.63, 3.8) is 0 Å². The van der Waals surface area contributed by atoms with Crippen LogP contribution < -0.4 is 10.6 Å². The normalized spacial score (nSPS) is 16.9. The molecule has 0 unspecified atom stereocenters. The second-order valence-electron chi connectivity index (χ2n) is 7.35. The highest BCUT2D eigenvalue weighted by atomic mass is 32.1. The monoisotopic (exact) mass is 397 g/mol. The number of thiophene rings is 1. The van der Waals surface area contributed by atoms with Crippen molar-refractivity contribution in [2.24, 2.45) is 0 Å². The number of nitrogens with zero attached hydrogens (tertiary/aromatic N) is 5. The maximum atomic E-state index is 11.7. The highest BCUT2D eigenvalue weighted by Gasteiger charge is 2.24. The SMILES string of the molecule is O=C1CCCN1CCCNc1nc(NC2CC2)c2ncn(-c3ccsc3)c2n1. The molecule has 3 aromatic heterocycles. The van der Waals surface area contributed by atoms with E-state index >= 15 is 0 Å². The first-order valence-corrected chi connectivity index (χ1v) is 10.8. The Labute approximate surface area is 167 Å². The standard InChI is InChI=1S/C19H23N7OS/c27-15-3-1-8-25(15)9-2-7-20-19-23-17(22-13-4-5-13)16-18(24-19)26(12-21-16)14-6-10-28-11-14/h6,10-13H,1-5,7-9H2,(H2,20,22,23,24). The minimum Gasteiger partial charge on any atom is -0.365 e. The zero-order valence-corrected chi connectivity index (χ0v) is 16.4. The summed E-state index contributed by atoms with van der Waals surface area (Å²) < 4.78 is 2.00. The van der Waals surface area contributed by atoms with Gasteiger partial charge >= 0.3 is 0 Å². The second kappa shape index (κ2) is 7.38. The quantitative estimate of drug-likeness (QED) is 0.568. The molecular formula is C19H23N7OS. The summed E-state index contributed by atoms with van der Waals surface area (Å²) in [4.78, 5) is 27.6. The zero-order chi connectivity index (χ0) is 18.9. The van der Waals surface area contributed by atoms with Gasteiger partial charge in [-0.25, -0.2) is 4.98 Å². The van der Waals surface area contributed by atoms with Gasteiger partial charge in [-0.05, 0) is 37.1 Å². The lowest BCUT2D eigenvalue weighted by atomic mass is 10.4. The fraction of sp³-hybridized carbons (Fsp3) is 0.474. The minimum atomic E-state index is 0.272. The molecule has 4 heterocycles. The molecule has 9 heteroatoms. The van der Waals surface area contributed by atoms with Crippen LogP contribution in [0.1, 0.15) is 32.1 Å². The molecule has 0 spiro atoms. The third-order valence-electron chi connectivity index (χ3n) is 5.16. The smallest absolute Gasteiger partial charge is 0.226 e. The highest BCUT2D eigenvalue weighted by Crippen LogP contribution is 2.29. The van der Waals surface area contributed by atoms with E-state index < -0.39 is 0 Å². The molecule has 0 radical (unpaired) electrons. The average Bonchev–Trinajstić information content (AvgIpc) is 3.09. The van der Waals surface area contributed by atoms with Gasteiger partial charge in [0.1, 0.15) is 6.33 Å². The molecule has 3 aromatic rings. The van der Waals surface area contributed by atoms with Crippen LogP contribution in [0.3, 0.4) is 0 Å². The molecule has 0 aromatic carbocycles. The summed E-state index contributed by atoms with van der Waals surface area (Å²) >= 11 is 1.65. The number of imidazole rings is 1. The number of likely N-dealkylation sites (tertiary alicyclic amines) is 1. The Bertz CT molecular complexity index is 980. The van der Waals surface area contributed by atoms with Crippen molar-refractivity contribution in [2.45, 2.75) is 38.1 Å². The molecule has 1 aliphatic heterocycles. The number of nitrogens with one attached hydrogen (secondary N) is 2. The molecule has 0 atom stereocenters. The van der Waals surface area contributed by atoms with Crippen molar-refractivity contribution in [3.05, 3.63) is 23.2 Å². The van der Waals surface area contributed by atoms with Crippen molar-refractivity contribution in [1.29, 1.82) is 0 Å². The lowest BCUT2D eigenvalue weighted by molar-refractivity contribution is -0.127. The summed E-state index contributed by atoms with van der Waals surface area (Å²) in [5, 5.41) is 10.9. The number of aromatic nitrogens is 4. The molecular weight excluding hydrogens is 374 g/mol. The third-order valence-corrected chi connectivity index (χ3v) is 5.83. The number of hydrogen-bond acceptors (Lipinski definition) is 7. The van der Waals surface area contributed by atoms with E-state index in [1.165, 1.54) is 12.8 Å². The Morgan fingerprint density at radius 2 is 2.21 bits per heavy atom. The minimum absolute atomic E-state index is 0.272. The van der Waals surface area contributed by atoms with E-state index in [1.54, 1.807) is 11.3 Å². The molecule has 5 rings (SSSR count). The molecule has 2 fully saturated rings. The Kier molecular flexibility index (Phi) is 4.59. The molecule has 1 aliphatic carbocycles. The van der Waals surface area contributed by atoms with Crippen molar-refractivity contribution < 1.29 is 4.79 Å². The summed E-state index contributed by atoms with van der Waals surface area (Å²) in [6.45, 7) is 2.40. The fourth-order valence-electron chi connectivity index (χ4n) is 3.49. The maximum absolute atomic E-state index is 11.7. The predicted octanol–water partition coefficient (Wildman–Crippen LogP) is 2.88. The van der Waals surface area contributed by atoms with E-state index in [0.717, 1.165) is 55.1 Å². The number of carbonyl (C=O) groups is 1. The van der Waals surface area contributed by atoms with Crippen molar-refractivity contribution in [1.82, 2.24) is 24.4 Å². The van der Waals surface area contributed by atoms with Gasteiger partial charge < -0.3 is 15.5 Å². The molecule has 28 heavy (non-hydrogen) atoms. The summed E-state index contributed by atoms with van der Waals surface area (Å²) in [6, 6.07) is 2.54. The van der Waals surface area contributed by atoms with E-state index in [4.69, 9.17) is 4.98 Å².